The fourth-order valence-corrected chi connectivity index (χ4v) is 5.03. The molecule has 40 heavy (non-hydrogen) atoms. The summed E-state index contributed by atoms with van der Waals surface area (Å²) in [5, 5.41) is 10.8. The predicted octanol–water partition coefficient (Wildman–Crippen LogP) is 4.17. The first-order valence-electron chi connectivity index (χ1n) is 12.5. The van der Waals surface area contributed by atoms with Gasteiger partial charge in [-0.2, -0.15) is 13.9 Å². The first-order valence-corrected chi connectivity index (χ1v) is 12.9. The number of benzene rings is 1. The van der Waals surface area contributed by atoms with Crippen molar-refractivity contribution in [3.8, 4) is 11.3 Å². The van der Waals surface area contributed by atoms with Crippen molar-refractivity contribution < 1.29 is 13.6 Å². The molecule has 2 bridgehead atoms. The molecule has 1 aromatic carbocycles. The van der Waals surface area contributed by atoms with Crippen molar-refractivity contribution in [2.24, 2.45) is 16.6 Å². The Morgan fingerprint density at radius 3 is 2.77 bits per heavy atom. The predicted molar refractivity (Wildman–Crippen MR) is 147 cm³/mol. The quantitative estimate of drug-likeness (QED) is 0.317. The molecular formula is C27H25ClF2N8O2. The number of nitrogens with one attached hydrogen (secondary N) is 2. The molecule has 2 unspecified atom stereocenters. The van der Waals surface area contributed by atoms with E-state index in [1.807, 2.05) is 0 Å². The third-order valence-corrected chi connectivity index (χ3v) is 7.04. The highest BCUT2D eigenvalue weighted by atomic mass is 35.5. The number of aliphatic imine (C=N–C) groups is 1. The molecule has 4 aromatic rings. The number of hydrogen-bond acceptors (Lipinski definition) is 7. The largest absolute Gasteiger partial charge is 0.403 e. The molecule has 0 spiro atoms. The van der Waals surface area contributed by atoms with E-state index >= 15 is 0 Å². The summed E-state index contributed by atoms with van der Waals surface area (Å²) >= 11 is 6.28. The summed E-state index contributed by atoms with van der Waals surface area (Å²) in [5.74, 6) is -0.828. The van der Waals surface area contributed by atoms with Gasteiger partial charge < -0.3 is 11.1 Å². The zero-order valence-corrected chi connectivity index (χ0v) is 22.1. The number of allylic oxidation sites excluding steroid dienone is 1. The Labute approximate surface area is 232 Å². The van der Waals surface area contributed by atoms with Crippen molar-refractivity contribution in [2.75, 3.05) is 0 Å². The maximum absolute atomic E-state index is 13.5. The molecule has 4 heterocycles. The van der Waals surface area contributed by atoms with E-state index in [0.29, 0.717) is 46.8 Å². The number of pyridine rings is 1. The number of nitrogens with two attached hydrogens (primary N) is 1. The van der Waals surface area contributed by atoms with Gasteiger partial charge in [-0.05, 0) is 37.1 Å². The van der Waals surface area contributed by atoms with Gasteiger partial charge in [0.2, 0.25) is 5.91 Å². The Balaban J connectivity index is 1.61. The van der Waals surface area contributed by atoms with Crippen LogP contribution in [0.4, 0.5) is 8.78 Å². The second-order valence-corrected chi connectivity index (χ2v) is 9.89. The standard InChI is InChI=1S/C27H25ClF2N8O2/c1-14-3-2-4-22(20-8-15(5-6-32-20)25(36-27(29)30)21(11-31)35-26(14)40)38-13-33-19(10-23(38)39)18-9-17(28)7-16-12-34-37-24(16)18/h5-14,22,27H,2-4,31H2,1H3,(H,34,37)(H,35,40). The SMILES string of the molecule is CC1CCCC(n2cnc(-c3cc(Cl)cc4cn[nH]c34)cc2=O)c2cc(ccn2)C(=NC(F)F)C(=CN)NC1=O. The molecule has 4 N–H and O–H groups in total. The van der Waals surface area contributed by atoms with Gasteiger partial charge in [0.15, 0.2) is 0 Å². The van der Waals surface area contributed by atoms with Gasteiger partial charge in [0.25, 0.3) is 5.56 Å². The maximum Gasteiger partial charge on any atom is 0.332 e. The average molecular weight is 567 g/mol. The summed E-state index contributed by atoms with van der Waals surface area (Å²) < 4.78 is 28.3. The van der Waals surface area contributed by atoms with Crippen molar-refractivity contribution in [2.45, 2.75) is 38.8 Å². The lowest BCUT2D eigenvalue weighted by molar-refractivity contribution is -0.123. The molecule has 0 aliphatic carbocycles. The van der Waals surface area contributed by atoms with Gasteiger partial charge in [-0.15, -0.1) is 0 Å². The number of amides is 1. The number of nitrogens with zero attached hydrogens (tertiary/aromatic N) is 5. The molecule has 1 aliphatic heterocycles. The summed E-state index contributed by atoms with van der Waals surface area (Å²) in [5.41, 5.74) is 7.56. The van der Waals surface area contributed by atoms with Crippen LogP contribution in [0.15, 0.2) is 70.7 Å². The number of carbonyl (C=O) groups excluding carboxylic acids is 1. The monoisotopic (exact) mass is 566 g/mol. The molecule has 13 heteroatoms. The van der Waals surface area contributed by atoms with E-state index in [1.54, 1.807) is 31.3 Å². The number of H-pyrrole nitrogens is 1. The number of aromatic amines is 1. The number of aromatic nitrogens is 5. The van der Waals surface area contributed by atoms with Gasteiger partial charge in [0, 0.05) is 45.9 Å². The molecule has 3 aromatic heterocycles. The van der Waals surface area contributed by atoms with Crippen LogP contribution in [0.25, 0.3) is 22.2 Å². The molecule has 1 amide bonds. The van der Waals surface area contributed by atoms with Crippen LogP contribution in [0.1, 0.15) is 43.5 Å². The van der Waals surface area contributed by atoms with Crippen molar-refractivity contribution in [3.63, 3.8) is 0 Å². The van der Waals surface area contributed by atoms with Crippen molar-refractivity contribution in [3.05, 3.63) is 87.6 Å². The van der Waals surface area contributed by atoms with Crippen molar-refractivity contribution in [1.82, 2.24) is 30.0 Å². The van der Waals surface area contributed by atoms with Gasteiger partial charge in [0.1, 0.15) is 0 Å². The molecule has 0 saturated heterocycles. The van der Waals surface area contributed by atoms with Crippen molar-refractivity contribution in [1.29, 1.82) is 0 Å². The van der Waals surface area contributed by atoms with Crippen LogP contribution >= 0.6 is 11.6 Å². The Bertz CT molecular complexity index is 1700. The Morgan fingerprint density at radius 2 is 2.02 bits per heavy atom. The van der Waals surface area contributed by atoms with Crippen LogP contribution in [0.2, 0.25) is 5.02 Å². The third kappa shape index (κ3) is 5.48. The van der Waals surface area contributed by atoms with E-state index in [2.05, 4.69) is 30.5 Å². The molecule has 1 aliphatic rings. The molecule has 206 valence electrons. The highest BCUT2D eigenvalue weighted by Gasteiger charge is 2.24. The number of hydrogen-bond donors (Lipinski definition) is 3. The zero-order chi connectivity index (χ0) is 28.4. The molecule has 0 radical (unpaired) electrons. The average Bonchev–Trinajstić information content (AvgIpc) is 3.40. The minimum absolute atomic E-state index is 0.0405. The summed E-state index contributed by atoms with van der Waals surface area (Å²) in [7, 11) is 0. The lowest BCUT2D eigenvalue weighted by Gasteiger charge is -2.23. The maximum atomic E-state index is 13.5. The van der Waals surface area contributed by atoms with Crippen LogP contribution in [0, 0.1) is 5.92 Å². The number of halogens is 3. The summed E-state index contributed by atoms with van der Waals surface area (Å²) in [6.45, 7) is -1.32. The van der Waals surface area contributed by atoms with E-state index < -0.39 is 18.5 Å². The van der Waals surface area contributed by atoms with E-state index in [-0.39, 0.29) is 28.4 Å². The van der Waals surface area contributed by atoms with E-state index in [9.17, 15) is 18.4 Å². The summed E-state index contributed by atoms with van der Waals surface area (Å²) in [6.07, 6.45) is 7.03. The Kier molecular flexibility index (Phi) is 7.69. The minimum Gasteiger partial charge on any atom is -0.403 e. The van der Waals surface area contributed by atoms with Crippen LogP contribution in [-0.4, -0.2) is 42.9 Å². The normalized spacial score (nSPS) is 20.5. The molecule has 0 saturated carbocycles. The molecule has 0 fully saturated rings. The first-order chi connectivity index (χ1) is 19.2. The highest BCUT2D eigenvalue weighted by Crippen LogP contribution is 2.30. The lowest BCUT2D eigenvalue weighted by atomic mass is 9.96. The van der Waals surface area contributed by atoms with Crippen molar-refractivity contribution >= 4 is 34.1 Å². The van der Waals surface area contributed by atoms with Gasteiger partial charge in [-0.3, -0.25) is 24.2 Å². The van der Waals surface area contributed by atoms with Gasteiger partial charge >= 0.3 is 6.55 Å². The first kappa shape index (κ1) is 27.1. The Hall–Kier alpha value is -4.45. The second kappa shape index (κ2) is 11.3. The molecule has 10 nitrogen and oxygen atoms in total. The number of carbonyl (C=O) groups is 1. The third-order valence-electron chi connectivity index (χ3n) is 6.83. The topological polar surface area (TPSA) is 144 Å². The van der Waals surface area contributed by atoms with Crippen LogP contribution in [0.3, 0.4) is 0 Å². The molecule has 5 rings (SSSR count). The smallest absolute Gasteiger partial charge is 0.332 e. The lowest BCUT2D eigenvalue weighted by Crippen LogP contribution is -2.34. The van der Waals surface area contributed by atoms with Gasteiger partial charge in [-0.1, -0.05) is 24.9 Å². The number of alkyl halides is 2. The van der Waals surface area contributed by atoms with E-state index in [4.69, 9.17) is 17.3 Å². The summed E-state index contributed by atoms with van der Waals surface area (Å²) in [4.78, 5) is 38.7. The second-order valence-electron chi connectivity index (χ2n) is 9.45. The fraction of sp³-hybridized carbons (Fsp3) is 0.259. The van der Waals surface area contributed by atoms with Gasteiger partial charge in [0.05, 0.1) is 46.9 Å². The van der Waals surface area contributed by atoms with Gasteiger partial charge in [-0.25, -0.2) is 9.98 Å². The zero-order valence-electron chi connectivity index (χ0n) is 21.3. The van der Waals surface area contributed by atoms with E-state index in [0.717, 1.165) is 11.6 Å². The van der Waals surface area contributed by atoms with E-state index in [1.165, 1.54) is 29.2 Å². The number of fused-ring (bicyclic) bond motifs is 3. The molecular weight excluding hydrogens is 542 g/mol. The van der Waals surface area contributed by atoms with Crippen LogP contribution in [-0.2, 0) is 4.79 Å². The molecule has 2 atom stereocenters. The van der Waals surface area contributed by atoms with Crippen LogP contribution in [0.5, 0.6) is 0 Å². The summed E-state index contributed by atoms with van der Waals surface area (Å²) in [6, 6.07) is 7.33. The fourth-order valence-electron chi connectivity index (χ4n) is 4.80. The van der Waals surface area contributed by atoms with Crippen LogP contribution < -0.4 is 16.6 Å². The highest BCUT2D eigenvalue weighted by molar-refractivity contribution is 6.31. The minimum atomic E-state index is -3.05. The number of rotatable bonds is 3. The Morgan fingerprint density at radius 1 is 1.20 bits per heavy atom.